The number of fused-ring (bicyclic) bond motifs is 4. The van der Waals surface area contributed by atoms with Gasteiger partial charge < -0.3 is 14.4 Å². The molecule has 0 amide bonds. The average Bonchev–Trinajstić information content (AvgIpc) is 3.54. The number of pyridine rings is 4. The Bertz CT molecular complexity index is 2770. The zero-order valence-electron chi connectivity index (χ0n) is 31.1. The molecule has 0 bridgehead atoms. The first-order chi connectivity index (χ1) is 25.7. The zero-order chi connectivity index (χ0) is 36.6. The Morgan fingerprint density at radius 3 is 2.09 bits per heavy atom. The molecular weight excluding hydrogens is 841 g/mol. The van der Waals surface area contributed by atoms with Crippen LogP contribution in [-0.4, -0.2) is 19.9 Å². The second-order valence-corrected chi connectivity index (χ2v) is 13.7. The van der Waals surface area contributed by atoms with Gasteiger partial charge in [-0.2, -0.15) is 0 Å². The second kappa shape index (κ2) is 15.3. The molecule has 0 N–H and O–H groups in total. The summed E-state index contributed by atoms with van der Waals surface area (Å²) in [6.45, 7) is 12.6. The smallest absolute Gasteiger partial charge is 0.216 e. The number of benzene rings is 4. The van der Waals surface area contributed by atoms with E-state index in [1.165, 1.54) is 33.4 Å². The summed E-state index contributed by atoms with van der Waals surface area (Å²) in [5.41, 5.74) is 17.5. The Hall–Kier alpha value is -5.81. The van der Waals surface area contributed by atoms with Gasteiger partial charge in [-0.3, -0.25) is 0 Å². The molecule has 4 aromatic carbocycles. The third kappa shape index (κ3) is 6.99. The zero-order valence-corrected chi connectivity index (χ0v) is 33.5. The fraction of sp³-hybridized carbons (Fsp3) is 0.125. The molecule has 5 heterocycles. The number of aryl methyl sites for hydroxylation is 6. The van der Waals surface area contributed by atoms with Crippen LogP contribution in [0.4, 0.5) is 0 Å². The molecule has 5 nitrogen and oxygen atoms in total. The van der Waals surface area contributed by atoms with E-state index in [4.69, 9.17) is 14.4 Å². The molecule has 5 aromatic heterocycles. The number of hydrogen-bond donors (Lipinski definition) is 0. The molecule has 9 rings (SSSR count). The second-order valence-electron chi connectivity index (χ2n) is 13.7. The monoisotopic (exact) mass is 879 g/mol. The maximum Gasteiger partial charge on any atom is 0.216 e. The van der Waals surface area contributed by atoms with E-state index in [2.05, 4.69) is 110 Å². The molecule has 1 radical (unpaired) electrons. The molecule has 6 heteroatoms. The topological polar surface area (TPSA) is 64.7 Å². The van der Waals surface area contributed by atoms with Crippen molar-refractivity contribution in [3.8, 4) is 44.9 Å². The molecule has 0 aliphatic carbocycles. The third-order valence-corrected chi connectivity index (χ3v) is 9.86. The largest absolute Gasteiger partial charge is 0.486 e. The van der Waals surface area contributed by atoms with Gasteiger partial charge in [0.25, 0.3) is 0 Å². The van der Waals surface area contributed by atoms with Crippen LogP contribution in [0, 0.1) is 53.7 Å². The van der Waals surface area contributed by atoms with Gasteiger partial charge in [0.05, 0.1) is 16.8 Å². The van der Waals surface area contributed by atoms with Gasteiger partial charge in [-0.25, -0.2) is 9.97 Å². The first kappa shape index (κ1) is 36.5. The van der Waals surface area contributed by atoms with Crippen molar-refractivity contribution in [2.24, 2.45) is 0 Å². The Kier molecular flexibility index (Phi) is 10.3. The van der Waals surface area contributed by atoms with Gasteiger partial charge in [0.1, 0.15) is 0 Å². The van der Waals surface area contributed by atoms with Gasteiger partial charge in [-0.1, -0.05) is 59.5 Å². The molecule has 0 saturated carbocycles. The molecule has 0 atom stereocenters. The van der Waals surface area contributed by atoms with Crippen LogP contribution in [0.1, 0.15) is 33.5 Å². The van der Waals surface area contributed by atoms with Crippen LogP contribution in [0.15, 0.2) is 126 Å². The van der Waals surface area contributed by atoms with Crippen LogP contribution < -0.4 is 0 Å². The average molecular weight is 879 g/mol. The van der Waals surface area contributed by atoms with Crippen LogP contribution >= 0.6 is 0 Å². The van der Waals surface area contributed by atoms with E-state index in [9.17, 15) is 0 Å². The summed E-state index contributed by atoms with van der Waals surface area (Å²) in [5, 5.41) is 3.17. The number of rotatable bonds is 4. The summed E-state index contributed by atoms with van der Waals surface area (Å²) in [4.78, 5) is 18.8. The summed E-state index contributed by atoms with van der Waals surface area (Å²) in [6.07, 6.45) is 3.81. The minimum atomic E-state index is 0. The number of aromatic nitrogens is 4. The first-order valence-electron chi connectivity index (χ1n) is 17.8. The Morgan fingerprint density at radius 2 is 1.33 bits per heavy atom. The molecule has 267 valence electrons. The van der Waals surface area contributed by atoms with Crippen molar-refractivity contribution in [3.05, 3.63) is 167 Å². The minimum Gasteiger partial charge on any atom is -0.486 e. The van der Waals surface area contributed by atoms with E-state index < -0.39 is 0 Å². The SMILES string of the molecule is Cc1ccc(-c2[c-]cccc2)nc1.Cc1ccc2c(n1)oc1c(-c3cc(-c4ccc5nc(-c6c(C)cccc6C)ccc5c4C)c(C)cn3)[c-]ccc12.[Ir]. The molecular formula is C48H38IrN4O-2. The molecule has 0 aliphatic rings. The van der Waals surface area contributed by atoms with Gasteiger partial charge in [-0.15, -0.1) is 54.1 Å². The number of furan rings is 1. The van der Waals surface area contributed by atoms with Crippen molar-refractivity contribution in [2.45, 2.75) is 41.5 Å². The van der Waals surface area contributed by atoms with Crippen LogP contribution in [0.3, 0.4) is 0 Å². The van der Waals surface area contributed by atoms with Gasteiger partial charge in [0.2, 0.25) is 5.71 Å². The fourth-order valence-electron chi connectivity index (χ4n) is 7.04. The maximum absolute atomic E-state index is 6.25. The maximum atomic E-state index is 6.25. The molecule has 0 fully saturated rings. The van der Waals surface area contributed by atoms with Gasteiger partial charge in [0, 0.05) is 54.5 Å². The van der Waals surface area contributed by atoms with Crippen LogP contribution in [-0.2, 0) is 20.1 Å². The van der Waals surface area contributed by atoms with E-state index in [1.54, 1.807) is 0 Å². The van der Waals surface area contributed by atoms with E-state index in [0.29, 0.717) is 5.71 Å². The Morgan fingerprint density at radius 1 is 0.556 bits per heavy atom. The van der Waals surface area contributed by atoms with E-state index >= 15 is 0 Å². The van der Waals surface area contributed by atoms with Crippen LogP contribution in [0.25, 0.3) is 77.9 Å². The Labute approximate surface area is 329 Å². The van der Waals surface area contributed by atoms with Crippen molar-refractivity contribution in [1.29, 1.82) is 0 Å². The summed E-state index contributed by atoms with van der Waals surface area (Å²) < 4.78 is 6.25. The van der Waals surface area contributed by atoms with Crippen LogP contribution in [0.5, 0.6) is 0 Å². The molecule has 9 aromatic rings. The molecule has 0 unspecified atom stereocenters. The van der Waals surface area contributed by atoms with Crippen LogP contribution in [0.2, 0.25) is 0 Å². The van der Waals surface area contributed by atoms with E-state index in [1.807, 2.05) is 74.8 Å². The predicted octanol–water partition coefficient (Wildman–Crippen LogP) is 12.1. The summed E-state index contributed by atoms with van der Waals surface area (Å²) in [6, 6.07) is 43.7. The first-order valence-corrected chi connectivity index (χ1v) is 17.8. The molecule has 0 saturated heterocycles. The fourth-order valence-corrected chi connectivity index (χ4v) is 7.04. The molecule has 0 aliphatic heterocycles. The standard InChI is InChI=1S/C36H28N3O.C12H10N.Ir/c1-20-8-6-9-21(2)34(20)32-17-15-26-24(5)25(14-16-31(26)39-32)30-18-33(37-19-22(30)3)29-11-7-10-27-28-13-12-23(4)38-36(28)40-35(27)29;1-10-7-8-12(13-9-10)11-5-3-2-4-6-11;/h6-10,12-19H,1-5H3;2-5,7-9H,1H3;/q2*-1;. The normalized spacial score (nSPS) is 11.0. The van der Waals surface area contributed by atoms with Gasteiger partial charge in [-0.05, 0) is 116 Å². The van der Waals surface area contributed by atoms with Crippen molar-refractivity contribution in [2.75, 3.05) is 0 Å². The minimum absolute atomic E-state index is 0. The summed E-state index contributed by atoms with van der Waals surface area (Å²) in [7, 11) is 0. The number of hydrogen-bond acceptors (Lipinski definition) is 5. The molecule has 0 spiro atoms. The van der Waals surface area contributed by atoms with Crippen molar-refractivity contribution in [3.63, 3.8) is 0 Å². The summed E-state index contributed by atoms with van der Waals surface area (Å²) >= 11 is 0. The van der Waals surface area contributed by atoms with E-state index in [0.717, 1.165) is 72.3 Å². The predicted molar refractivity (Wildman–Crippen MR) is 217 cm³/mol. The van der Waals surface area contributed by atoms with Crippen molar-refractivity contribution in [1.82, 2.24) is 19.9 Å². The quantitative estimate of drug-likeness (QED) is 0.165. The third-order valence-electron chi connectivity index (χ3n) is 9.86. The Balaban J connectivity index is 0.000000272. The number of nitrogens with zero attached hydrogens (tertiary/aromatic N) is 4. The van der Waals surface area contributed by atoms with Crippen molar-refractivity contribution < 1.29 is 24.5 Å². The molecule has 54 heavy (non-hydrogen) atoms. The van der Waals surface area contributed by atoms with Crippen molar-refractivity contribution >= 4 is 33.0 Å². The summed E-state index contributed by atoms with van der Waals surface area (Å²) in [5.74, 6) is 0. The van der Waals surface area contributed by atoms with E-state index in [-0.39, 0.29) is 20.1 Å². The van der Waals surface area contributed by atoms with Gasteiger partial charge >= 0.3 is 0 Å². The van der Waals surface area contributed by atoms with Gasteiger partial charge in [0.15, 0.2) is 0 Å².